The van der Waals surface area contributed by atoms with Gasteiger partial charge < -0.3 is 10.4 Å². The zero-order valence-corrected chi connectivity index (χ0v) is 9.91. The Labute approximate surface area is 96.6 Å². The minimum Gasteiger partial charge on any atom is -0.387 e. The maximum Gasteiger partial charge on any atom is 0.228 e. The summed E-state index contributed by atoms with van der Waals surface area (Å²) in [5, 5.41) is 12.6. The second kappa shape index (κ2) is 3.94. The quantitative estimate of drug-likeness (QED) is 0.807. The third-order valence-corrected chi connectivity index (χ3v) is 3.03. The first kappa shape index (κ1) is 10.6. The van der Waals surface area contributed by atoms with Crippen LogP contribution < -0.4 is 5.32 Å². The molecule has 1 heterocycles. The number of alkyl halides is 1. The summed E-state index contributed by atoms with van der Waals surface area (Å²) in [6, 6.07) is 5.57. The summed E-state index contributed by atoms with van der Waals surface area (Å²) in [7, 11) is 0. The van der Waals surface area contributed by atoms with Crippen LogP contribution in [-0.4, -0.2) is 15.8 Å². The Morgan fingerprint density at radius 1 is 1.53 bits per heavy atom. The number of halogens is 1. The fourth-order valence-electron chi connectivity index (χ4n) is 1.70. The van der Waals surface area contributed by atoms with Gasteiger partial charge in [-0.15, -0.1) is 0 Å². The van der Waals surface area contributed by atoms with Crippen LogP contribution >= 0.6 is 15.9 Å². The van der Waals surface area contributed by atoms with Gasteiger partial charge in [-0.25, -0.2) is 0 Å². The van der Waals surface area contributed by atoms with E-state index < -0.39 is 6.10 Å². The largest absolute Gasteiger partial charge is 0.387 e. The van der Waals surface area contributed by atoms with Gasteiger partial charge in [-0.1, -0.05) is 28.1 Å². The van der Waals surface area contributed by atoms with Crippen LogP contribution in [0.1, 0.15) is 24.2 Å². The number of anilines is 1. The summed E-state index contributed by atoms with van der Waals surface area (Å²) in [6.07, 6.45) is -0.127. The van der Waals surface area contributed by atoms with E-state index in [1.165, 1.54) is 0 Å². The second-order valence-electron chi connectivity index (χ2n) is 3.76. The molecular formula is C11H12BrNO2. The molecule has 0 fully saturated rings. The van der Waals surface area contributed by atoms with Crippen LogP contribution in [0.3, 0.4) is 0 Å². The van der Waals surface area contributed by atoms with E-state index in [1.54, 1.807) is 0 Å². The van der Waals surface area contributed by atoms with Gasteiger partial charge in [0, 0.05) is 10.5 Å². The van der Waals surface area contributed by atoms with Gasteiger partial charge >= 0.3 is 0 Å². The van der Waals surface area contributed by atoms with E-state index in [0.29, 0.717) is 6.42 Å². The molecule has 15 heavy (non-hydrogen) atoms. The highest BCUT2D eigenvalue weighted by Gasteiger charge is 2.20. The van der Waals surface area contributed by atoms with Crippen molar-refractivity contribution in [3.8, 4) is 0 Å². The van der Waals surface area contributed by atoms with Crippen molar-refractivity contribution in [1.29, 1.82) is 0 Å². The average Bonchev–Trinajstić information content (AvgIpc) is 2.55. The monoisotopic (exact) mass is 269 g/mol. The zero-order chi connectivity index (χ0) is 11.0. The number of carbonyl (C=O) groups is 1. The first-order valence-electron chi connectivity index (χ1n) is 4.83. The summed E-state index contributed by atoms with van der Waals surface area (Å²) in [5.41, 5.74) is 2.66. The van der Waals surface area contributed by atoms with Gasteiger partial charge in [0.2, 0.25) is 5.91 Å². The number of carbonyl (C=O) groups excluding carboxylic acids is 1. The SMILES string of the molecule is CC(Br)C(O)c1ccc2c(c1)CC(=O)N2. The van der Waals surface area contributed by atoms with E-state index in [1.807, 2.05) is 25.1 Å². The number of hydrogen-bond donors (Lipinski definition) is 2. The van der Waals surface area contributed by atoms with Crippen molar-refractivity contribution < 1.29 is 9.90 Å². The van der Waals surface area contributed by atoms with Crippen molar-refractivity contribution in [2.24, 2.45) is 0 Å². The normalized spacial score (nSPS) is 18.2. The van der Waals surface area contributed by atoms with Crippen LogP contribution in [0.4, 0.5) is 5.69 Å². The molecule has 0 aromatic heterocycles. The standard InChI is InChI=1S/C11H12BrNO2/c1-6(12)11(15)7-2-3-9-8(4-7)5-10(14)13-9/h2-4,6,11,15H,5H2,1H3,(H,13,14). The Balaban J connectivity index is 2.31. The average molecular weight is 270 g/mol. The highest BCUT2D eigenvalue weighted by molar-refractivity contribution is 9.09. The number of aliphatic hydroxyl groups is 1. The van der Waals surface area contributed by atoms with Gasteiger partial charge in [0.1, 0.15) is 0 Å². The van der Waals surface area contributed by atoms with Crippen molar-refractivity contribution in [2.45, 2.75) is 24.3 Å². The highest BCUT2D eigenvalue weighted by Crippen LogP contribution is 2.29. The van der Waals surface area contributed by atoms with Gasteiger partial charge in [0.05, 0.1) is 12.5 Å². The molecule has 4 heteroatoms. The maximum atomic E-state index is 11.1. The lowest BCUT2D eigenvalue weighted by molar-refractivity contribution is -0.115. The summed E-state index contributed by atoms with van der Waals surface area (Å²) in [5.74, 6) is 0.0172. The molecule has 2 unspecified atom stereocenters. The van der Waals surface area contributed by atoms with E-state index in [-0.39, 0.29) is 10.7 Å². The Morgan fingerprint density at radius 2 is 2.27 bits per heavy atom. The Hall–Kier alpha value is -0.870. The lowest BCUT2D eigenvalue weighted by Crippen LogP contribution is -2.07. The van der Waals surface area contributed by atoms with Crippen LogP contribution in [0, 0.1) is 0 Å². The molecule has 1 aliphatic heterocycles. The molecule has 0 saturated carbocycles. The molecule has 2 N–H and O–H groups in total. The minimum atomic E-state index is -0.536. The van der Waals surface area contributed by atoms with Crippen LogP contribution in [0.15, 0.2) is 18.2 Å². The molecule has 1 amide bonds. The molecule has 80 valence electrons. The van der Waals surface area contributed by atoms with E-state index in [2.05, 4.69) is 21.2 Å². The van der Waals surface area contributed by atoms with Gasteiger partial charge in [-0.2, -0.15) is 0 Å². The summed E-state index contributed by atoms with van der Waals surface area (Å²) in [6.45, 7) is 1.89. The lowest BCUT2D eigenvalue weighted by Gasteiger charge is -2.14. The topological polar surface area (TPSA) is 49.3 Å². The van der Waals surface area contributed by atoms with Crippen molar-refractivity contribution in [3.63, 3.8) is 0 Å². The molecule has 0 spiro atoms. The van der Waals surface area contributed by atoms with Crippen LogP contribution in [0.2, 0.25) is 0 Å². The molecule has 0 aliphatic carbocycles. The highest BCUT2D eigenvalue weighted by atomic mass is 79.9. The van der Waals surface area contributed by atoms with Crippen molar-refractivity contribution in [2.75, 3.05) is 5.32 Å². The number of amides is 1. The van der Waals surface area contributed by atoms with Crippen molar-refractivity contribution in [1.82, 2.24) is 0 Å². The van der Waals surface area contributed by atoms with Crippen LogP contribution in [-0.2, 0) is 11.2 Å². The van der Waals surface area contributed by atoms with Crippen molar-refractivity contribution in [3.05, 3.63) is 29.3 Å². The molecule has 3 nitrogen and oxygen atoms in total. The number of rotatable bonds is 2. The van der Waals surface area contributed by atoms with E-state index >= 15 is 0 Å². The molecular weight excluding hydrogens is 258 g/mol. The Bertz CT molecular complexity index is 404. The van der Waals surface area contributed by atoms with Gasteiger partial charge in [-0.3, -0.25) is 4.79 Å². The first-order valence-corrected chi connectivity index (χ1v) is 5.74. The van der Waals surface area contributed by atoms with Crippen LogP contribution in [0.5, 0.6) is 0 Å². The molecule has 1 aliphatic rings. The number of hydrogen-bond acceptors (Lipinski definition) is 2. The van der Waals surface area contributed by atoms with Gasteiger partial charge in [-0.05, 0) is 24.1 Å². The second-order valence-corrected chi connectivity index (χ2v) is 5.21. The summed E-state index contributed by atoms with van der Waals surface area (Å²) >= 11 is 3.34. The van der Waals surface area contributed by atoms with E-state index in [4.69, 9.17) is 0 Å². The Kier molecular flexibility index (Phi) is 2.80. The lowest BCUT2D eigenvalue weighted by atomic mass is 10.0. The zero-order valence-electron chi connectivity index (χ0n) is 8.33. The first-order chi connectivity index (χ1) is 7.08. The third kappa shape index (κ3) is 2.06. The van der Waals surface area contributed by atoms with Crippen molar-refractivity contribution >= 4 is 27.5 Å². The smallest absolute Gasteiger partial charge is 0.228 e. The number of nitrogens with one attached hydrogen (secondary N) is 1. The van der Waals surface area contributed by atoms with Crippen LogP contribution in [0.25, 0.3) is 0 Å². The van der Waals surface area contributed by atoms with E-state index in [9.17, 15) is 9.90 Å². The number of aliphatic hydroxyl groups excluding tert-OH is 1. The van der Waals surface area contributed by atoms with Gasteiger partial charge in [0.25, 0.3) is 0 Å². The third-order valence-electron chi connectivity index (χ3n) is 2.53. The molecule has 1 aromatic carbocycles. The Morgan fingerprint density at radius 3 is 2.93 bits per heavy atom. The molecule has 0 saturated heterocycles. The molecule has 1 aromatic rings. The predicted molar refractivity (Wildman–Crippen MR) is 62.1 cm³/mol. The predicted octanol–water partition coefficient (Wildman–Crippen LogP) is 2.00. The summed E-state index contributed by atoms with van der Waals surface area (Å²) in [4.78, 5) is 11.1. The summed E-state index contributed by atoms with van der Waals surface area (Å²) < 4.78 is 0. The molecule has 0 bridgehead atoms. The maximum absolute atomic E-state index is 11.1. The molecule has 2 rings (SSSR count). The number of fused-ring (bicyclic) bond motifs is 1. The molecule has 2 atom stereocenters. The number of benzene rings is 1. The minimum absolute atomic E-state index is 0.000568. The fourth-order valence-corrected chi connectivity index (χ4v) is 2.00. The van der Waals surface area contributed by atoms with E-state index in [0.717, 1.165) is 16.8 Å². The van der Waals surface area contributed by atoms with Gasteiger partial charge in [0.15, 0.2) is 0 Å². The molecule has 0 radical (unpaired) electrons. The fraction of sp³-hybridized carbons (Fsp3) is 0.364.